The van der Waals surface area contributed by atoms with Crippen LogP contribution in [0.1, 0.15) is 75.2 Å². The van der Waals surface area contributed by atoms with E-state index in [1.807, 2.05) is 0 Å². The third kappa shape index (κ3) is 8.01. The predicted octanol–water partition coefficient (Wildman–Crippen LogP) is 4.60. The number of nitrogens with zero attached hydrogens (tertiary/aromatic N) is 1. The molecule has 4 amide bonds. The molecule has 0 radical (unpaired) electrons. The van der Waals surface area contributed by atoms with Crippen molar-refractivity contribution in [3.63, 3.8) is 0 Å². The minimum atomic E-state index is -0.956. The normalized spacial score (nSPS) is 13.7. The number of nitrogens with one attached hydrogen (secondary N) is 3. The van der Waals surface area contributed by atoms with Crippen LogP contribution >= 0.6 is 0 Å². The number of halogens is 2. The summed E-state index contributed by atoms with van der Waals surface area (Å²) >= 11 is 0. The van der Waals surface area contributed by atoms with Gasteiger partial charge in [-0.1, -0.05) is 25.0 Å². The Morgan fingerprint density at radius 1 is 0.911 bits per heavy atom. The van der Waals surface area contributed by atoms with E-state index in [0.29, 0.717) is 43.1 Å². The van der Waals surface area contributed by atoms with Crippen LogP contribution in [-0.2, 0) is 11.3 Å². The molecule has 1 fully saturated rings. The number of anilines is 2. The molecular formula is C33H35F2N5O5. The maximum atomic E-state index is 14.8. The van der Waals surface area contributed by atoms with Gasteiger partial charge in [-0.3, -0.25) is 19.2 Å². The predicted molar refractivity (Wildman–Crippen MR) is 164 cm³/mol. The van der Waals surface area contributed by atoms with Crippen molar-refractivity contribution in [3.05, 3.63) is 88.5 Å². The van der Waals surface area contributed by atoms with Gasteiger partial charge in [0.1, 0.15) is 17.4 Å². The van der Waals surface area contributed by atoms with E-state index in [-0.39, 0.29) is 35.7 Å². The summed E-state index contributed by atoms with van der Waals surface area (Å²) in [6.07, 6.45) is 5.14. The summed E-state index contributed by atoms with van der Waals surface area (Å²) in [7, 11) is 0. The number of ether oxygens (including phenoxy) is 1. The van der Waals surface area contributed by atoms with E-state index in [4.69, 9.17) is 10.5 Å². The van der Waals surface area contributed by atoms with Crippen LogP contribution in [0.25, 0.3) is 0 Å². The maximum absolute atomic E-state index is 14.8. The van der Waals surface area contributed by atoms with E-state index < -0.39 is 29.0 Å². The minimum Gasteiger partial charge on any atom is -0.482 e. The molecule has 5 N–H and O–H groups in total. The number of benzene rings is 3. The minimum absolute atomic E-state index is 0.0846. The average molecular weight is 620 g/mol. The van der Waals surface area contributed by atoms with Crippen molar-refractivity contribution in [3.8, 4) is 5.75 Å². The molecule has 12 heteroatoms. The zero-order chi connectivity index (χ0) is 31.9. The molecule has 0 saturated heterocycles. The van der Waals surface area contributed by atoms with Gasteiger partial charge in [0, 0.05) is 36.3 Å². The highest BCUT2D eigenvalue weighted by Gasteiger charge is 2.33. The topological polar surface area (TPSA) is 143 Å². The van der Waals surface area contributed by atoms with Gasteiger partial charge >= 0.3 is 0 Å². The van der Waals surface area contributed by atoms with Crippen LogP contribution in [0.2, 0.25) is 0 Å². The van der Waals surface area contributed by atoms with E-state index in [1.165, 1.54) is 0 Å². The SMILES string of the molecule is NCCCCCCNC(=O)c1cc(F)c(NC(=O)c2ccc(CN(C(=O)c3ccc4c(c3)OCC(=O)N4)C3CC3)cc2)cc1F. The first-order valence-electron chi connectivity index (χ1n) is 15.0. The summed E-state index contributed by atoms with van der Waals surface area (Å²) in [6, 6.07) is 13.0. The highest BCUT2D eigenvalue weighted by atomic mass is 19.1. The molecular weight excluding hydrogens is 584 g/mol. The van der Waals surface area contributed by atoms with Crippen LogP contribution in [0.3, 0.4) is 0 Å². The molecule has 2 aliphatic rings. The number of carbonyl (C=O) groups excluding carboxylic acids is 4. The lowest BCUT2D eigenvalue weighted by atomic mass is 10.1. The average Bonchev–Trinajstić information content (AvgIpc) is 3.88. The second-order valence-electron chi connectivity index (χ2n) is 11.1. The molecule has 0 atom stereocenters. The second kappa shape index (κ2) is 14.3. The molecule has 3 aromatic rings. The number of fused-ring (bicyclic) bond motifs is 1. The fraction of sp³-hybridized carbons (Fsp3) is 0.333. The van der Waals surface area contributed by atoms with E-state index >= 15 is 0 Å². The lowest BCUT2D eigenvalue weighted by Gasteiger charge is -2.24. The van der Waals surface area contributed by atoms with Gasteiger partial charge in [0.15, 0.2) is 6.61 Å². The molecule has 10 nitrogen and oxygen atoms in total. The summed E-state index contributed by atoms with van der Waals surface area (Å²) in [6.45, 7) is 1.12. The summed E-state index contributed by atoms with van der Waals surface area (Å²) in [4.78, 5) is 51.9. The van der Waals surface area contributed by atoms with Gasteiger partial charge < -0.3 is 31.3 Å². The van der Waals surface area contributed by atoms with Crippen molar-refractivity contribution < 1.29 is 32.7 Å². The second-order valence-corrected chi connectivity index (χ2v) is 11.1. The Labute approximate surface area is 259 Å². The zero-order valence-corrected chi connectivity index (χ0v) is 24.7. The van der Waals surface area contributed by atoms with Crippen LogP contribution < -0.4 is 26.4 Å². The third-order valence-corrected chi connectivity index (χ3v) is 7.64. The number of hydrogen-bond donors (Lipinski definition) is 4. The Hall–Kier alpha value is -4.84. The monoisotopic (exact) mass is 619 g/mol. The lowest BCUT2D eigenvalue weighted by molar-refractivity contribution is -0.118. The quantitative estimate of drug-likeness (QED) is 0.206. The van der Waals surface area contributed by atoms with Crippen molar-refractivity contribution in [1.82, 2.24) is 10.2 Å². The molecule has 45 heavy (non-hydrogen) atoms. The zero-order valence-electron chi connectivity index (χ0n) is 24.7. The van der Waals surface area contributed by atoms with Crippen molar-refractivity contribution in [2.24, 2.45) is 5.73 Å². The third-order valence-electron chi connectivity index (χ3n) is 7.64. The molecule has 0 unspecified atom stereocenters. The van der Waals surface area contributed by atoms with Gasteiger partial charge in [-0.2, -0.15) is 0 Å². The van der Waals surface area contributed by atoms with Crippen molar-refractivity contribution >= 4 is 35.0 Å². The van der Waals surface area contributed by atoms with Gasteiger partial charge in [-0.05, 0) is 74.2 Å². The van der Waals surface area contributed by atoms with Crippen LogP contribution in [0, 0.1) is 11.6 Å². The molecule has 236 valence electrons. The fourth-order valence-corrected chi connectivity index (χ4v) is 5.02. The van der Waals surface area contributed by atoms with Crippen LogP contribution in [-0.4, -0.2) is 54.3 Å². The maximum Gasteiger partial charge on any atom is 0.262 e. The number of unbranched alkanes of at least 4 members (excludes halogenated alkanes) is 3. The smallest absolute Gasteiger partial charge is 0.262 e. The van der Waals surface area contributed by atoms with Gasteiger partial charge in [-0.25, -0.2) is 8.78 Å². The number of hydrogen-bond acceptors (Lipinski definition) is 6. The van der Waals surface area contributed by atoms with Crippen molar-refractivity contribution in [1.29, 1.82) is 0 Å². The van der Waals surface area contributed by atoms with E-state index in [2.05, 4.69) is 16.0 Å². The Morgan fingerprint density at radius 3 is 2.38 bits per heavy atom. The van der Waals surface area contributed by atoms with Gasteiger partial charge in [-0.15, -0.1) is 0 Å². The first-order chi connectivity index (χ1) is 21.7. The Bertz CT molecular complexity index is 1590. The molecule has 0 bridgehead atoms. The van der Waals surface area contributed by atoms with Crippen LogP contribution in [0.4, 0.5) is 20.2 Å². The van der Waals surface area contributed by atoms with Gasteiger partial charge in [0.2, 0.25) is 0 Å². The number of nitrogens with two attached hydrogens (primary N) is 1. The van der Waals surface area contributed by atoms with E-state index in [1.54, 1.807) is 47.4 Å². The highest BCUT2D eigenvalue weighted by molar-refractivity contribution is 6.05. The molecule has 0 spiro atoms. The van der Waals surface area contributed by atoms with Gasteiger partial charge in [0.25, 0.3) is 23.6 Å². The Kier molecular flexibility index (Phi) is 10.0. The largest absolute Gasteiger partial charge is 0.482 e. The molecule has 1 aliphatic carbocycles. The standard InChI is InChI=1S/C33H35F2N5O5/c34-25-17-28(26(35)16-24(25)32(43)37-14-4-2-1-3-13-36)39-31(42)21-7-5-20(6-8-21)18-40(23-10-11-23)33(44)22-9-12-27-29(15-22)45-19-30(41)38-27/h5-9,12,15-17,23H,1-4,10-11,13-14,18-19,36H2,(H,37,43)(H,38,41)(H,39,42). The molecule has 0 aromatic heterocycles. The first-order valence-corrected chi connectivity index (χ1v) is 15.0. The van der Waals surface area contributed by atoms with E-state index in [0.717, 1.165) is 49.8 Å². The number of rotatable bonds is 13. The van der Waals surface area contributed by atoms with Gasteiger partial charge in [0.05, 0.1) is 16.9 Å². The summed E-state index contributed by atoms with van der Waals surface area (Å²) in [5.74, 6) is -3.29. The molecule has 5 rings (SSSR count). The number of amides is 4. The lowest BCUT2D eigenvalue weighted by Crippen LogP contribution is -2.33. The van der Waals surface area contributed by atoms with Crippen molar-refractivity contribution in [2.45, 2.75) is 51.1 Å². The Balaban J connectivity index is 1.19. The molecule has 3 aromatic carbocycles. The van der Waals surface area contributed by atoms with Crippen LogP contribution in [0.5, 0.6) is 5.75 Å². The molecule has 1 saturated carbocycles. The first kappa shape index (κ1) is 31.6. The fourth-order valence-electron chi connectivity index (χ4n) is 5.02. The Morgan fingerprint density at radius 2 is 1.64 bits per heavy atom. The van der Waals surface area contributed by atoms with Crippen molar-refractivity contribution in [2.75, 3.05) is 30.3 Å². The highest BCUT2D eigenvalue weighted by Crippen LogP contribution is 2.33. The van der Waals surface area contributed by atoms with Crippen LogP contribution in [0.15, 0.2) is 54.6 Å². The number of carbonyl (C=O) groups is 4. The molecule has 1 heterocycles. The summed E-state index contributed by atoms with van der Waals surface area (Å²) < 4.78 is 34.9. The molecule has 1 aliphatic heterocycles. The summed E-state index contributed by atoms with van der Waals surface area (Å²) in [5, 5.41) is 7.65. The van der Waals surface area contributed by atoms with E-state index in [9.17, 15) is 28.0 Å². The summed E-state index contributed by atoms with van der Waals surface area (Å²) in [5.41, 5.74) is 6.55.